The number of nitrogens with zero attached hydrogens (tertiary/aromatic N) is 1. The molecule has 0 atom stereocenters. The first-order chi connectivity index (χ1) is 14.1. The SMILES string of the molecule is O=C(O)c1cccc(OC(=O)c2c3ccccc3cc[n+]2Cc2ccccc2)c1. The molecule has 29 heavy (non-hydrogen) atoms. The summed E-state index contributed by atoms with van der Waals surface area (Å²) in [5.74, 6) is -1.43. The van der Waals surface area contributed by atoms with E-state index in [0.717, 1.165) is 16.3 Å². The van der Waals surface area contributed by atoms with Crippen molar-refractivity contribution in [2.75, 3.05) is 0 Å². The standard InChI is InChI=1S/C24H17NO4/c26-23(27)19-10-6-11-20(15-19)29-24(28)22-21-12-5-4-9-18(21)13-14-25(22)16-17-7-2-1-3-8-17/h1-15H,16H2/p+1. The van der Waals surface area contributed by atoms with Crippen LogP contribution < -0.4 is 9.30 Å². The van der Waals surface area contributed by atoms with Gasteiger partial charge in [-0.2, -0.15) is 4.57 Å². The summed E-state index contributed by atoms with van der Waals surface area (Å²) < 4.78 is 7.40. The highest BCUT2D eigenvalue weighted by molar-refractivity contribution is 6.02. The Bertz CT molecular complexity index is 1200. The monoisotopic (exact) mass is 384 g/mol. The number of hydrogen-bond acceptors (Lipinski definition) is 3. The van der Waals surface area contributed by atoms with Gasteiger partial charge in [0.05, 0.1) is 10.9 Å². The zero-order valence-corrected chi connectivity index (χ0v) is 15.5. The summed E-state index contributed by atoms with van der Waals surface area (Å²) in [6.07, 6.45) is 1.86. The topological polar surface area (TPSA) is 67.5 Å². The van der Waals surface area contributed by atoms with Crippen LogP contribution in [0.5, 0.6) is 5.75 Å². The van der Waals surface area contributed by atoms with E-state index in [-0.39, 0.29) is 11.3 Å². The molecular weight excluding hydrogens is 366 g/mol. The van der Waals surface area contributed by atoms with Crippen LogP contribution >= 0.6 is 0 Å². The summed E-state index contributed by atoms with van der Waals surface area (Å²) in [6, 6.07) is 25.3. The Kier molecular flexibility index (Phi) is 5.03. The summed E-state index contributed by atoms with van der Waals surface area (Å²) >= 11 is 0. The summed E-state index contributed by atoms with van der Waals surface area (Å²) in [4.78, 5) is 24.3. The highest BCUT2D eigenvalue weighted by atomic mass is 16.5. The molecule has 4 rings (SSSR count). The number of rotatable bonds is 5. The van der Waals surface area contributed by atoms with Crippen LogP contribution in [0.2, 0.25) is 0 Å². The number of fused-ring (bicyclic) bond motifs is 1. The molecular formula is C24H18NO4+. The van der Waals surface area contributed by atoms with Crippen molar-refractivity contribution >= 4 is 22.7 Å². The van der Waals surface area contributed by atoms with Crippen molar-refractivity contribution in [2.45, 2.75) is 6.54 Å². The predicted octanol–water partition coefficient (Wildman–Crippen LogP) is 4.09. The van der Waals surface area contributed by atoms with Gasteiger partial charge in [0.25, 0.3) is 5.69 Å². The highest BCUT2D eigenvalue weighted by Gasteiger charge is 2.25. The molecule has 0 radical (unpaired) electrons. The highest BCUT2D eigenvalue weighted by Crippen LogP contribution is 2.20. The van der Waals surface area contributed by atoms with Gasteiger partial charge in [-0.25, -0.2) is 9.59 Å². The molecule has 4 aromatic rings. The molecule has 0 aliphatic heterocycles. The number of carboxylic acid groups (broad SMARTS) is 1. The molecule has 0 aliphatic carbocycles. The lowest BCUT2D eigenvalue weighted by atomic mass is 10.1. The number of carbonyl (C=O) groups excluding carboxylic acids is 1. The van der Waals surface area contributed by atoms with Crippen LogP contribution in [-0.2, 0) is 6.54 Å². The fourth-order valence-corrected chi connectivity index (χ4v) is 3.24. The van der Waals surface area contributed by atoms with Crippen LogP contribution in [0.1, 0.15) is 26.4 Å². The van der Waals surface area contributed by atoms with Crippen LogP contribution in [0.15, 0.2) is 91.1 Å². The molecule has 0 unspecified atom stereocenters. The Morgan fingerprint density at radius 3 is 2.41 bits per heavy atom. The number of carboxylic acids is 1. The molecule has 0 fully saturated rings. The first-order valence-corrected chi connectivity index (χ1v) is 9.12. The van der Waals surface area contributed by atoms with Crippen LogP contribution in [0.4, 0.5) is 0 Å². The van der Waals surface area contributed by atoms with Gasteiger partial charge < -0.3 is 9.84 Å². The minimum Gasteiger partial charge on any atom is -0.478 e. The van der Waals surface area contributed by atoms with E-state index >= 15 is 0 Å². The molecule has 0 saturated carbocycles. The van der Waals surface area contributed by atoms with Gasteiger partial charge in [0.1, 0.15) is 5.75 Å². The average Bonchev–Trinajstić information content (AvgIpc) is 2.74. The second-order valence-electron chi connectivity index (χ2n) is 6.59. The second-order valence-corrected chi connectivity index (χ2v) is 6.59. The number of pyridine rings is 1. The summed E-state index contributed by atoms with van der Waals surface area (Å²) in [6.45, 7) is 0.505. The number of aromatic carboxylic acids is 1. The number of benzene rings is 3. The summed E-state index contributed by atoms with van der Waals surface area (Å²) in [5, 5.41) is 10.9. The number of aromatic nitrogens is 1. The van der Waals surface area contributed by atoms with Crippen molar-refractivity contribution in [2.24, 2.45) is 0 Å². The normalized spacial score (nSPS) is 10.6. The van der Waals surface area contributed by atoms with Crippen molar-refractivity contribution in [1.29, 1.82) is 0 Å². The number of ether oxygens (including phenoxy) is 1. The molecule has 0 saturated heterocycles. The largest absolute Gasteiger partial charge is 0.478 e. The number of carbonyl (C=O) groups is 2. The van der Waals surface area contributed by atoms with Gasteiger partial charge in [-0.05, 0) is 29.7 Å². The minimum atomic E-state index is -1.08. The van der Waals surface area contributed by atoms with Crippen molar-refractivity contribution < 1.29 is 24.0 Å². The maximum absolute atomic E-state index is 13.1. The Labute approximate surface area is 167 Å². The zero-order valence-electron chi connectivity index (χ0n) is 15.5. The maximum Gasteiger partial charge on any atom is 0.409 e. The quantitative estimate of drug-likeness (QED) is 0.320. The lowest BCUT2D eigenvalue weighted by Crippen LogP contribution is -2.42. The van der Waals surface area contributed by atoms with E-state index in [1.165, 1.54) is 12.1 Å². The molecule has 0 spiro atoms. The Morgan fingerprint density at radius 2 is 1.62 bits per heavy atom. The second kappa shape index (κ2) is 7.94. The van der Waals surface area contributed by atoms with Crippen LogP contribution in [0, 0.1) is 0 Å². The van der Waals surface area contributed by atoms with E-state index in [4.69, 9.17) is 9.84 Å². The van der Waals surface area contributed by atoms with Crippen molar-refractivity contribution in [3.63, 3.8) is 0 Å². The van der Waals surface area contributed by atoms with Gasteiger partial charge in [0, 0.05) is 11.6 Å². The fraction of sp³-hybridized carbons (Fsp3) is 0.0417. The molecule has 142 valence electrons. The molecule has 5 nitrogen and oxygen atoms in total. The van der Waals surface area contributed by atoms with E-state index < -0.39 is 11.9 Å². The van der Waals surface area contributed by atoms with Crippen LogP contribution in [-0.4, -0.2) is 17.0 Å². The Morgan fingerprint density at radius 1 is 0.862 bits per heavy atom. The van der Waals surface area contributed by atoms with Gasteiger partial charge in [0.15, 0.2) is 12.7 Å². The summed E-state index contributed by atoms with van der Waals surface area (Å²) in [5.41, 5.74) is 1.52. The predicted molar refractivity (Wildman–Crippen MR) is 108 cm³/mol. The lowest BCUT2D eigenvalue weighted by Gasteiger charge is -2.08. The van der Waals surface area contributed by atoms with Gasteiger partial charge in [-0.1, -0.05) is 54.6 Å². The smallest absolute Gasteiger partial charge is 0.409 e. The van der Waals surface area contributed by atoms with Gasteiger partial charge in [-0.15, -0.1) is 0 Å². The van der Waals surface area contributed by atoms with Crippen molar-refractivity contribution in [1.82, 2.24) is 0 Å². The molecule has 5 heteroatoms. The van der Waals surface area contributed by atoms with E-state index in [1.807, 2.05) is 71.4 Å². The van der Waals surface area contributed by atoms with Gasteiger partial charge in [0.2, 0.25) is 0 Å². The number of hydrogen-bond donors (Lipinski definition) is 1. The third kappa shape index (κ3) is 3.99. The lowest BCUT2D eigenvalue weighted by molar-refractivity contribution is -0.689. The minimum absolute atomic E-state index is 0.0605. The Balaban J connectivity index is 1.76. The molecule has 1 aromatic heterocycles. The average molecular weight is 384 g/mol. The molecule has 1 N–H and O–H groups in total. The fourth-order valence-electron chi connectivity index (χ4n) is 3.24. The first-order valence-electron chi connectivity index (χ1n) is 9.12. The third-order valence-electron chi connectivity index (χ3n) is 4.62. The molecule has 0 amide bonds. The third-order valence-corrected chi connectivity index (χ3v) is 4.62. The van der Waals surface area contributed by atoms with E-state index in [1.54, 1.807) is 12.1 Å². The first kappa shape index (κ1) is 18.4. The van der Waals surface area contributed by atoms with Crippen molar-refractivity contribution in [3.05, 3.63) is 108 Å². The van der Waals surface area contributed by atoms with E-state index in [2.05, 4.69) is 0 Å². The molecule has 0 aliphatic rings. The van der Waals surface area contributed by atoms with Crippen LogP contribution in [0.25, 0.3) is 10.8 Å². The Hall–Kier alpha value is -3.99. The maximum atomic E-state index is 13.1. The molecule has 0 bridgehead atoms. The zero-order chi connectivity index (χ0) is 20.2. The van der Waals surface area contributed by atoms with Crippen molar-refractivity contribution in [3.8, 4) is 5.75 Å². The molecule has 3 aromatic carbocycles. The van der Waals surface area contributed by atoms with E-state index in [9.17, 15) is 9.59 Å². The van der Waals surface area contributed by atoms with Gasteiger partial charge >= 0.3 is 11.9 Å². The van der Waals surface area contributed by atoms with Gasteiger partial charge in [-0.3, -0.25) is 0 Å². The number of esters is 1. The van der Waals surface area contributed by atoms with E-state index in [0.29, 0.717) is 12.2 Å². The van der Waals surface area contributed by atoms with Crippen LogP contribution in [0.3, 0.4) is 0 Å². The molecule has 1 heterocycles. The summed E-state index contributed by atoms with van der Waals surface area (Å²) in [7, 11) is 0.